The monoisotopic (exact) mass is 266 g/mol. The van der Waals surface area contributed by atoms with Crippen LogP contribution in [0.2, 0.25) is 0 Å². The van der Waals surface area contributed by atoms with Crippen molar-refractivity contribution in [2.24, 2.45) is 5.10 Å². The van der Waals surface area contributed by atoms with E-state index in [2.05, 4.69) is 5.10 Å². The summed E-state index contributed by atoms with van der Waals surface area (Å²) in [5, 5.41) is 5.88. The third-order valence-electron chi connectivity index (χ3n) is 3.18. The lowest BCUT2D eigenvalue weighted by Crippen LogP contribution is -2.19. The minimum Gasteiger partial charge on any atom is -0.497 e. The second-order valence-corrected chi connectivity index (χ2v) is 4.50. The van der Waals surface area contributed by atoms with Crippen molar-refractivity contribution in [1.29, 1.82) is 0 Å². The first-order valence-corrected chi connectivity index (χ1v) is 6.38. The van der Waals surface area contributed by atoms with Crippen molar-refractivity contribution in [2.75, 3.05) is 12.1 Å². The zero-order valence-corrected chi connectivity index (χ0v) is 11.1. The van der Waals surface area contributed by atoms with Gasteiger partial charge in [0, 0.05) is 5.56 Å². The summed E-state index contributed by atoms with van der Waals surface area (Å²) < 4.78 is 5.20. The van der Waals surface area contributed by atoms with Gasteiger partial charge >= 0.3 is 0 Å². The van der Waals surface area contributed by atoms with Crippen LogP contribution >= 0.6 is 0 Å². The van der Waals surface area contributed by atoms with Gasteiger partial charge in [0.25, 0.3) is 5.91 Å². The smallest absolute Gasteiger partial charge is 0.253 e. The molecule has 4 heteroatoms. The third kappa shape index (κ3) is 2.28. The molecule has 20 heavy (non-hydrogen) atoms. The lowest BCUT2D eigenvalue weighted by Gasteiger charge is -2.10. The van der Waals surface area contributed by atoms with Crippen molar-refractivity contribution in [2.45, 2.75) is 6.42 Å². The van der Waals surface area contributed by atoms with Crippen molar-refractivity contribution < 1.29 is 9.53 Å². The Hall–Kier alpha value is -2.62. The molecule has 1 aliphatic rings. The van der Waals surface area contributed by atoms with Crippen LogP contribution in [0.5, 0.6) is 5.75 Å². The Balaban J connectivity index is 1.94. The Bertz CT molecular complexity index is 665. The molecule has 0 N–H and O–H groups in total. The van der Waals surface area contributed by atoms with Crippen LogP contribution in [0, 0.1) is 0 Å². The predicted octanol–water partition coefficient (Wildman–Crippen LogP) is 2.84. The highest BCUT2D eigenvalue weighted by molar-refractivity contribution is 6.19. The number of methoxy groups -OCH3 is 1. The molecule has 0 unspecified atom stereocenters. The molecule has 0 saturated carbocycles. The highest BCUT2D eigenvalue weighted by Crippen LogP contribution is 2.23. The number of ether oxygens (including phenoxy) is 1. The first kappa shape index (κ1) is 12.4. The van der Waals surface area contributed by atoms with E-state index < -0.39 is 0 Å². The number of nitrogens with zero attached hydrogens (tertiary/aromatic N) is 2. The second kappa shape index (κ2) is 5.17. The van der Waals surface area contributed by atoms with E-state index in [4.69, 9.17) is 4.74 Å². The molecule has 0 bridgehead atoms. The van der Waals surface area contributed by atoms with Crippen LogP contribution in [0.25, 0.3) is 0 Å². The van der Waals surface area contributed by atoms with Crippen LogP contribution in [0.15, 0.2) is 59.7 Å². The van der Waals surface area contributed by atoms with Crippen LogP contribution in [0.3, 0.4) is 0 Å². The molecule has 0 aliphatic carbocycles. The molecule has 2 aromatic carbocycles. The molecular formula is C16H14N2O2. The van der Waals surface area contributed by atoms with Crippen LogP contribution in [-0.4, -0.2) is 18.7 Å². The highest BCUT2D eigenvalue weighted by atomic mass is 16.5. The molecule has 2 aromatic rings. The molecule has 1 amide bonds. The largest absolute Gasteiger partial charge is 0.497 e. The first-order valence-electron chi connectivity index (χ1n) is 6.38. The SMILES string of the molecule is COc1cccc(C2=NN(c3ccccc3)C(=O)C2)c1. The molecule has 0 aromatic heterocycles. The van der Waals surface area contributed by atoms with E-state index in [0.29, 0.717) is 6.42 Å². The number of anilines is 1. The maximum Gasteiger partial charge on any atom is 0.253 e. The van der Waals surface area contributed by atoms with Crippen LogP contribution in [0.1, 0.15) is 12.0 Å². The highest BCUT2D eigenvalue weighted by Gasteiger charge is 2.25. The zero-order valence-electron chi connectivity index (χ0n) is 11.1. The predicted molar refractivity (Wildman–Crippen MR) is 78.1 cm³/mol. The van der Waals surface area contributed by atoms with Gasteiger partial charge in [-0.15, -0.1) is 0 Å². The van der Waals surface area contributed by atoms with E-state index in [1.165, 1.54) is 5.01 Å². The zero-order chi connectivity index (χ0) is 13.9. The topological polar surface area (TPSA) is 41.9 Å². The summed E-state index contributed by atoms with van der Waals surface area (Å²) in [6.07, 6.45) is 0.308. The lowest BCUT2D eigenvalue weighted by molar-refractivity contribution is -0.116. The molecule has 3 rings (SSSR count). The maximum absolute atomic E-state index is 12.1. The van der Waals surface area contributed by atoms with Gasteiger partial charge in [0.1, 0.15) is 5.75 Å². The Kier molecular flexibility index (Phi) is 3.21. The van der Waals surface area contributed by atoms with E-state index in [1.807, 2.05) is 54.6 Å². The number of carbonyl (C=O) groups excluding carboxylic acids is 1. The second-order valence-electron chi connectivity index (χ2n) is 4.50. The van der Waals surface area contributed by atoms with Gasteiger partial charge in [0.15, 0.2) is 0 Å². The van der Waals surface area contributed by atoms with Gasteiger partial charge in [0.2, 0.25) is 0 Å². The molecule has 100 valence electrons. The van der Waals surface area contributed by atoms with Crippen molar-refractivity contribution in [1.82, 2.24) is 0 Å². The van der Waals surface area contributed by atoms with Crippen molar-refractivity contribution >= 4 is 17.3 Å². The van der Waals surface area contributed by atoms with E-state index in [0.717, 1.165) is 22.7 Å². The molecule has 0 radical (unpaired) electrons. The Morgan fingerprint density at radius 3 is 2.65 bits per heavy atom. The van der Waals surface area contributed by atoms with Gasteiger partial charge in [-0.1, -0.05) is 30.3 Å². The van der Waals surface area contributed by atoms with Crippen LogP contribution in [0.4, 0.5) is 5.69 Å². The van der Waals surface area contributed by atoms with Gasteiger partial charge in [-0.25, -0.2) is 5.01 Å². The number of hydrogen-bond acceptors (Lipinski definition) is 3. The fourth-order valence-corrected chi connectivity index (χ4v) is 2.16. The average molecular weight is 266 g/mol. The molecule has 1 heterocycles. The Labute approximate surface area is 117 Å². The van der Waals surface area contributed by atoms with Crippen molar-refractivity contribution in [3.63, 3.8) is 0 Å². The lowest BCUT2D eigenvalue weighted by atomic mass is 10.1. The van der Waals surface area contributed by atoms with Gasteiger partial charge in [0.05, 0.1) is 24.9 Å². The maximum atomic E-state index is 12.1. The third-order valence-corrected chi connectivity index (χ3v) is 3.18. The van der Waals surface area contributed by atoms with E-state index >= 15 is 0 Å². The van der Waals surface area contributed by atoms with Gasteiger partial charge < -0.3 is 4.74 Å². The number of hydrogen-bond donors (Lipinski definition) is 0. The van der Waals surface area contributed by atoms with E-state index in [-0.39, 0.29) is 5.91 Å². The van der Waals surface area contributed by atoms with Gasteiger partial charge in [-0.2, -0.15) is 5.10 Å². The molecule has 0 saturated heterocycles. The number of hydrazone groups is 1. The molecule has 0 fully saturated rings. The van der Waals surface area contributed by atoms with E-state index in [1.54, 1.807) is 7.11 Å². The van der Waals surface area contributed by atoms with Crippen LogP contribution in [-0.2, 0) is 4.79 Å². The van der Waals surface area contributed by atoms with Crippen molar-refractivity contribution in [3.8, 4) is 5.75 Å². The summed E-state index contributed by atoms with van der Waals surface area (Å²) >= 11 is 0. The number of carbonyl (C=O) groups is 1. The summed E-state index contributed by atoms with van der Waals surface area (Å²) in [6.45, 7) is 0. The number of rotatable bonds is 3. The summed E-state index contributed by atoms with van der Waals surface area (Å²) in [6, 6.07) is 17.0. The minimum atomic E-state index is -0.0194. The summed E-state index contributed by atoms with van der Waals surface area (Å²) in [4.78, 5) is 12.1. The summed E-state index contributed by atoms with van der Waals surface area (Å²) in [5.41, 5.74) is 2.46. The quantitative estimate of drug-likeness (QED) is 0.857. The molecule has 4 nitrogen and oxygen atoms in total. The summed E-state index contributed by atoms with van der Waals surface area (Å²) in [7, 11) is 1.62. The first-order chi connectivity index (χ1) is 9.78. The normalized spacial score (nSPS) is 14.3. The average Bonchev–Trinajstić information content (AvgIpc) is 2.90. The molecule has 0 spiro atoms. The minimum absolute atomic E-state index is 0.0194. The fraction of sp³-hybridized carbons (Fsp3) is 0.125. The van der Waals surface area contributed by atoms with Crippen LogP contribution < -0.4 is 9.75 Å². The molecular weight excluding hydrogens is 252 g/mol. The molecule has 0 atom stereocenters. The van der Waals surface area contributed by atoms with Crippen molar-refractivity contribution in [3.05, 3.63) is 60.2 Å². The number of benzene rings is 2. The fourth-order valence-electron chi connectivity index (χ4n) is 2.16. The van der Waals surface area contributed by atoms with Gasteiger partial charge in [-0.3, -0.25) is 4.79 Å². The standard InChI is InChI=1S/C16H14N2O2/c1-20-14-9-5-6-12(10-14)15-11-16(19)18(17-15)13-7-3-2-4-8-13/h2-10H,11H2,1H3. The number of amides is 1. The Morgan fingerprint density at radius 2 is 1.90 bits per heavy atom. The molecule has 1 aliphatic heterocycles. The Morgan fingerprint density at radius 1 is 1.10 bits per heavy atom. The van der Waals surface area contributed by atoms with Gasteiger partial charge in [-0.05, 0) is 24.3 Å². The summed E-state index contributed by atoms with van der Waals surface area (Å²) in [5.74, 6) is 0.741. The van der Waals surface area contributed by atoms with E-state index in [9.17, 15) is 4.79 Å². The number of para-hydroxylation sites is 1.